The molecule has 1 aromatic carbocycles. The molecule has 0 aliphatic carbocycles. The van der Waals surface area contributed by atoms with Gasteiger partial charge in [-0.1, -0.05) is 11.6 Å². The highest BCUT2D eigenvalue weighted by Crippen LogP contribution is 2.28. The third-order valence-electron chi connectivity index (χ3n) is 3.17. The fourth-order valence-electron chi connectivity index (χ4n) is 1.99. The number of hydrogen-bond acceptors (Lipinski definition) is 5. The number of nitrogens with one attached hydrogen (secondary N) is 1. The average Bonchev–Trinajstić information content (AvgIpc) is 2.94. The minimum absolute atomic E-state index is 0.128. The van der Waals surface area contributed by atoms with Gasteiger partial charge in [0.25, 0.3) is 0 Å². The molecule has 1 aromatic heterocycles. The predicted molar refractivity (Wildman–Crippen MR) is 89.7 cm³/mol. The molecule has 0 saturated carbocycles. The molecule has 0 bridgehead atoms. The summed E-state index contributed by atoms with van der Waals surface area (Å²) in [6.45, 7) is 2.80. The maximum absolute atomic E-state index is 6.07. The molecular formula is C15H20ClN3OS. The molecule has 0 saturated heterocycles. The van der Waals surface area contributed by atoms with Crippen LogP contribution in [0.2, 0.25) is 5.02 Å². The van der Waals surface area contributed by atoms with Gasteiger partial charge in [0.1, 0.15) is 5.75 Å². The molecule has 21 heavy (non-hydrogen) atoms. The van der Waals surface area contributed by atoms with E-state index >= 15 is 0 Å². The summed E-state index contributed by atoms with van der Waals surface area (Å²) in [6, 6.07) is 5.79. The summed E-state index contributed by atoms with van der Waals surface area (Å²) < 4.78 is 5.39. The highest BCUT2D eigenvalue weighted by molar-refractivity contribution is 7.13. The number of nitrogens with zero attached hydrogens (tertiary/aromatic N) is 2. The molecule has 1 N–H and O–H groups in total. The van der Waals surface area contributed by atoms with E-state index in [4.69, 9.17) is 16.3 Å². The van der Waals surface area contributed by atoms with Crippen molar-refractivity contribution in [2.45, 2.75) is 19.5 Å². The van der Waals surface area contributed by atoms with Gasteiger partial charge in [-0.25, -0.2) is 4.98 Å². The lowest BCUT2D eigenvalue weighted by atomic mass is 10.1. The van der Waals surface area contributed by atoms with Gasteiger partial charge in [0.05, 0.1) is 12.8 Å². The van der Waals surface area contributed by atoms with Crippen molar-refractivity contribution in [3.63, 3.8) is 0 Å². The molecule has 2 rings (SSSR count). The van der Waals surface area contributed by atoms with E-state index in [1.54, 1.807) is 18.4 Å². The van der Waals surface area contributed by atoms with E-state index < -0.39 is 0 Å². The van der Waals surface area contributed by atoms with Crippen molar-refractivity contribution < 1.29 is 4.74 Å². The molecule has 2 aromatic rings. The summed E-state index contributed by atoms with van der Waals surface area (Å²) in [6.07, 6.45) is 0. The number of aromatic nitrogens is 1. The molecule has 0 radical (unpaired) electrons. The average molecular weight is 326 g/mol. The lowest BCUT2D eigenvalue weighted by molar-refractivity contribution is 0.401. The minimum atomic E-state index is 0.128. The molecule has 0 aliphatic heterocycles. The van der Waals surface area contributed by atoms with Crippen LogP contribution < -0.4 is 15.0 Å². The molecule has 1 heterocycles. The van der Waals surface area contributed by atoms with Crippen LogP contribution in [0, 0.1) is 0 Å². The minimum Gasteiger partial charge on any atom is -0.496 e. The van der Waals surface area contributed by atoms with E-state index in [2.05, 4.69) is 22.6 Å². The van der Waals surface area contributed by atoms with Gasteiger partial charge in [-0.15, -0.1) is 11.3 Å². The van der Waals surface area contributed by atoms with Gasteiger partial charge < -0.3 is 15.0 Å². The van der Waals surface area contributed by atoms with Gasteiger partial charge in [-0.3, -0.25) is 0 Å². The lowest BCUT2D eigenvalue weighted by Crippen LogP contribution is -2.19. The number of rotatable bonds is 6. The van der Waals surface area contributed by atoms with E-state index in [1.165, 1.54) is 0 Å². The second kappa shape index (κ2) is 7.11. The Labute approximate surface area is 134 Å². The Morgan fingerprint density at radius 3 is 2.81 bits per heavy atom. The van der Waals surface area contributed by atoms with Crippen molar-refractivity contribution in [1.82, 2.24) is 10.3 Å². The van der Waals surface area contributed by atoms with Crippen LogP contribution in [-0.2, 0) is 6.54 Å². The topological polar surface area (TPSA) is 37.4 Å². The molecule has 4 nitrogen and oxygen atoms in total. The van der Waals surface area contributed by atoms with Gasteiger partial charge in [-0.05, 0) is 25.1 Å². The van der Waals surface area contributed by atoms with Crippen LogP contribution >= 0.6 is 22.9 Å². The number of thiazole rings is 1. The summed E-state index contributed by atoms with van der Waals surface area (Å²) in [7, 11) is 5.66. The van der Waals surface area contributed by atoms with Crippen molar-refractivity contribution in [3.8, 4) is 5.75 Å². The van der Waals surface area contributed by atoms with Crippen molar-refractivity contribution in [2.24, 2.45) is 0 Å². The van der Waals surface area contributed by atoms with Crippen LogP contribution in [-0.4, -0.2) is 26.2 Å². The Kier molecular flexibility index (Phi) is 5.45. The van der Waals surface area contributed by atoms with Crippen LogP contribution in [0.15, 0.2) is 23.6 Å². The molecule has 0 amide bonds. The normalized spacial score (nSPS) is 12.2. The summed E-state index contributed by atoms with van der Waals surface area (Å²) in [5.41, 5.74) is 2.09. The second-order valence-electron chi connectivity index (χ2n) is 5.00. The van der Waals surface area contributed by atoms with Crippen molar-refractivity contribution in [3.05, 3.63) is 39.9 Å². The number of halogens is 1. The van der Waals surface area contributed by atoms with Gasteiger partial charge >= 0.3 is 0 Å². The maximum atomic E-state index is 6.07. The SMILES string of the molecule is COc1ccc(Cl)cc1[C@H](C)NCc1csc(N(C)C)n1. The summed E-state index contributed by atoms with van der Waals surface area (Å²) in [5.74, 6) is 0.839. The third kappa shape index (κ3) is 4.09. The van der Waals surface area contributed by atoms with Gasteiger partial charge in [-0.2, -0.15) is 0 Å². The predicted octanol–water partition coefficient (Wildman–Crippen LogP) is 3.72. The van der Waals surface area contributed by atoms with Crippen molar-refractivity contribution in [1.29, 1.82) is 0 Å². The van der Waals surface area contributed by atoms with Crippen LogP contribution in [0.4, 0.5) is 5.13 Å². The molecule has 0 fully saturated rings. The Balaban J connectivity index is 2.04. The molecule has 114 valence electrons. The Morgan fingerprint density at radius 1 is 1.43 bits per heavy atom. The molecule has 0 spiro atoms. The molecule has 0 unspecified atom stereocenters. The van der Waals surface area contributed by atoms with Gasteiger partial charge in [0.15, 0.2) is 5.13 Å². The summed E-state index contributed by atoms with van der Waals surface area (Å²) >= 11 is 7.72. The standard InChI is InChI=1S/C15H20ClN3OS/c1-10(13-7-11(16)5-6-14(13)20-4)17-8-12-9-21-15(18-12)19(2)3/h5-7,9-10,17H,8H2,1-4H3/t10-/m0/s1. The highest BCUT2D eigenvalue weighted by atomic mass is 35.5. The summed E-state index contributed by atoms with van der Waals surface area (Å²) in [5, 5.41) is 7.25. The maximum Gasteiger partial charge on any atom is 0.185 e. The van der Waals surface area contributed by atoms with E-state index in [-0.39, 0.29) is 6.04 Å². The quantitative estimate of drug-likeness (QED) is 0.878. The van der Waals surface area contributed by atoms with Crippen LogP contribution in [0.5, 0.6) is 5.75 Å². The first-order valence-corrected chi connectivity index (χ1v) is 7.95. The number of hydrogen-bond donors (Lipinski definition) is 1. The zero-order chi connectivity index (χ0) is 15.4. The Bertz CT molecular complexity index is 600. The number of methoxy groups -OCH3 is 1. The zero-order valence-corrected chi connectivity index (χ0v) is 14.3. The smallest absolute Gasteiger partial charge is 0.185 e. The fraction of sp³-hybridized carbons (Fsp3) is 0.400. The molecule has 0 aliphatic rings. The molecule has 6 heteroatoms. The van der Waals surface area contributed by atoms with E-state index in [0.29, 0.717) is 11.6 Å². The zero-order valence-electron chi connectivity index (χ0n) is 12.7. The monoisotopic (exact) mass is 325 g/mol. The fourth-order valence-corrected chi connectivity index (χ4v) is 2.93. The number of ether oxygens (including phenoxy) is 1. The molecule has 1 atom stereocenters. The summed E-state index contributed by atoms with van der Waals surface area (Å²) in [4.78, 5) is 6.57. The van der Waals surface area contributed by atoms with Crippen molar-refractivity contribution >= 4 is 28.1 Å². The van der Waals surface area contributed by atoms with E-state index in [1.807, 2.05) is 37.2 Å². The van der Waals surface area contributed by atoms with Crippen LogP contribution in [0.1, 0.15) is 24.2 Å². The third-order valence-corrected chi connectivity index (χ3v) is 4.46. The Morgan fingerprint density at radius 2 is 2.19 bits per heavy atom. The van der Waals surface area contributed by atoms with E-state index in [0.717, 1.165) is 22.1 Å². The van der Waals surface area contributed by atoms with Gasteiger partial charge in [0, 0.05) is 42.6 Å². The van der Waals surface area contributed by atoms with Crippen LogP contribution in [0.25, 0.3) is 0 Å². The first kappa shape index (κ1) is 16.1. The first-order chi connectivity index (χ1) is 10.0. The molecular weight excluding hydrogens is 306 g/mol. The second-order valence-corrected chi connectivity index (χ2v) is 6.28. The first-order valence-electron chi connectivity index (χ1n) is 6.69. The van der Waals surface area contributed by atoms with Crippen molar-refractivity contribution in [2.75, 3.05) is 26.1 Å². The van der Waals surface area contributed by atoms with Crippen LogP contribution in [0.3, 0.4) is 0 Å². The van der Waals surface area contributed by atoms with Gasteiger partial charge in [0.2, 0.25) is 0 Å². The number of benzene rings is 1. The van der Waals surface area contributed by atoms with E-state index in [9.17, 15) is 0 Å². The lowest BCUT2D eigenvalue weighted by Gasteiger charge is -2.17. The Hall–Kier alpha value is -1.30. The highest BCUT2D eigenvalue weighted by Gasteiger charge is 2.12. The number of anilines is 1. The largest absolute Gasteiger partial charge is 0.496 e.